The second-order valence-corrected chi connectivity index (χ2v) is 2.79. The van der Waals surface area contributed by atoms with Gasteiger partial charge in [0, 0.05) is 0 Å². The summed E-state index contributed by atoms with van der Waals surface area (Å²) in [4.78, 5) is 21.7. The van der Waals surface area contributed by atoms with Gasteiger partial charge in [0.05, 0.1) is 5.56 Å². The number of aromatic hydroxyl groups is 2. The zero-order valence-corrected chi connectivity index (χ0v) is 7.31. The van der Waals surface area contributed by atoms with Gasteiger partial charge in [-0.3, -0.25) is 4.79 Å². The van der Waals surface area contributed by atoms with Crippen molar-refractivity contribution in [2.75, 3.05) is 0 Å². The summed E-state index contributed by atoms with van der Waals surface area (Å²) in [5.74, 6) is -2.85. The van der Waals surface area contributed by atoms with Gasteiger partial charge in [0.15, 0.2) is 5.75 Å². The van der Waals surface area contributed by atoms with E-state index in [0.717, 1.165) is 12.1 Å². The lowest BCUT2D eigenvalue weighted by Crippen LogP contribution is -1.99. The molecule has 0 aliphatic carbocycles. The summed E-state index contributed by atoms with van der Waals surface area (Å²) in [5.41, 5.74) is -0.856. The molecular formula is C9H8O5. The lowest BCUT2D eigenvalue weighted by atomic mass is 10.2. The Morgan fingerprint density at radius 3 is 2.36 bits per heavy atom. The number of aromatic carboxylic acids is 1. The fourth-order valence-corrected chi connectivity index (χ4v) is 1.02. The molecule has 0 aliphatic heterocycles. The molecule has 0 spiro atoms. The summed E-state index contributed by atoms with van der Waals surface area (Å²) in [7, 11) is 0. The van der Waals surface area contributed by atoms with Gasteiger partial charge >= 0.3 is 5.97 Å². The SMILES string of the molecule is Cc1cc(=O)c(O)c(O)cc1C(=O)O. The van der Waals surface area contributed by atoms with Crippen molar-refractivity contribution in [1.29, 1.82) is 0 Å². The summed E-state index contributed by atoms with van der Waals surface area (Å²) < 4.78 is 0. The Hall–Kier alpha value is -2.04. The maximum atomic E-state index is 11.0. The molecule has 74 valence electrons. The summed E-state index contributed by atoms with van der Waals surface area (Å²) in [6.45, 7) is 1.41. The van der Waals surface area contributed by atoms with Crippen molar-refractivity contribution in [3.05, 3.63) is 33.5 Å². The van der Waals surface area contributed by atoms with E-state index >= 15 is 0 Å². The number of hydrogen-bond donors (Lipinski definition) is 3. The van der Waals surface area contributed by atoms with Crippen LogP contribution in [0.1, 0.15) is 15.9 Å². The minimum absolute atomic E-state index is 0.179. The van der Waals surface area contributed by atoms with Gasteiger partial charge in [-0.05, 0) is 24.6 Å². The molecule has 14 heavy (non-hydrogen) atoms. The molecule has 1 aromatic carbocycles. The second kappa shape index (κ2) is 3.37. The third-order valence-electron chi connectivity index (χ3n) is 1.76. The van der Waals surface area contributed by atoms with Crippen LogP contribution < -0.4 is 5.43 Å². The Bertz CT molecular complexity index is 450. The fourth-order valence-electron chi connectivity index (χ4n) is 1.02. The van der Waals surface area contributed by atoms with E-state index in [1.54, 1.807) is 0 Å². The van der Waals surface area contributed by atoms with Crippen molar-refractivity contribution in [1.82, 2.24) is 0 Å². The molecule has 0 saturated heterocycles. The minimum Gasteiger partial charge on any atom is -0.504 e. The minimum atomic E-state index is -1.27. The van der Waals surface area contributed by atoms with Crippen LogP contribution in [-0.2, 0) is 0 Å². The van der Waals surface area contributed by atoms with E-state index in [4.69, 9.17) is 15.3 Å². The highest BCUT2D eigenvalue weighted by atomic mass is 16.4. The third-order valence-corrected chi connectivity index (χ3v) is 1.76. The van der Waals surface area contributed by atoms with Gasteiger partial charge in [-0.25, -0.2) is 4.79 Å². The van der Waals surface area contributed by atoms with Crippen LogP contribution >= 0.6 is 0 Å². The lowest BCUT2D eigenvalue weighted by molar-refractivity contribution is 0.0696. The van der Waals surface area contributed by atoms with Crippen LogP contribution in [0.4, 0.5) is 0 Å². The number of aryl methyl sites for hydroxylation is 1. The Labute approximate surface area is 78.9 Å². The first-order valence-electron chi connectivity index (χ1n) is 3.73. The molecule has 0 fully saturated rings. The van der Waals surface area contributed by atoms with Crippen molar-refractivity contribution in [2.24, 2.45) is 0 Å². The highest BCUT2D eigenvalue weighted by Crippen LogP contribution is 2.20. The van der Waals surface area contributed by atoms with Gasteiger partial charge in [-0.2, -0.15) is 0 Å². The van der Waals surface area contributed by atoms with Crippen molar-refractivity contribution in [3.8, 4) is 11.5 Å². The molecule has 1 rings (SSSR count). The third kappa shape index (κ3) is 1.66. The van der Waals surface area contributed by atoms with Crippen molar-refractivity contribution < 1.29 is 20.1 Å². The normalized spacial score (nSPS) is 9.79. The van der Waals surface area contributed by atoms with Gasteiger partial charge in [0.25, 0.3) is 0 Å². The van der Waals surface area contributed by atoms with E-state index in [2.05, 4.69) is 0 Å². The maximum absolute atomic E-state index is 11.0. The number of carbonyl (C=O) groups is 1. The first-order valence-corrected chi connectivity index (χ1v) is 3.73. The monoisotopic (exact) mass is 196 g/mol. The number of hydrogen-bond acceptors (Lipinski definition) is 4. The molecule has 0 bridgehead atoms. The molecule has 0 amide bonds. The van der Waals surface area contributed by atoms with Gasteiger partial charge in [0.1, 0.15) is 0 Å². The zero-order valence-electron chi connectivity index (χ0n) is 7.31. The quantitative estimate of drug-likeness (QED) is 0.606. The topological polar surface area (TPSA) is 94.8 Å². The molecule has 3 N–H and O–H groups in total. The Morgan fingerprint density at radius 1 is 1.29 bits per heavy atom. The molecule has 0 radical (unpaired) electrons. The van der Waals surface area contributed by atoms with Crippen LogP contribution in [0.3, 0.4) is 0 Å². The Kier molecular flexibility index (Phi) is 2.42. The molecule has 0 saturated carbocycles. The van der Waals surface area contributed by atoms with E-state index in [1.807, 2.05) is 0 Å². The van der Waals surface area contributed by atoms with Crippen LogP contribution in [-0.4, -0.2) is 21.3 Å². The van der Waals surface area contributed by atoms with Crippen LogP contribution in [0.2, 0.25) is 0 Å². The average molecular weight is 196 g/mol. The standard InChI is InChI=1S/C9H8O5/c1-4-2-6(10)8(12)7(11)3-5(4)9(13)14/h2-3H,1H3,(H,13,14)(H2,10,11,12). The fraction of sp³-hybridized carbons (Fsp3) is 0.111. The average Bonchev–Trinajstić information content (AvgIpc) is 2.18. The van der Waals surface area contributed by atoms with E-state index in [1.165, 1.54) is 6.92 Å². The van der Waals surface area contributed by atoms with E-state index in [-0.39, 0.29) is 11.1 Å². The second-order valence-electron chi connectivity index (χ2n) is 2.79. The van der Waals surface area contributed by atoms with E-state index in [0.29, 0.717) is 0 Å². The van der Waals surface area contributed by atoms with Crippen LogP contribution in [0.5, 0.6) is 11.5 Å². The van der Waals surface area contributed by atoms with Crippen LogP contribution in [0.25, 0.3) is 0 Å². The predicted molar refractivity (Wildman–Crippen MR) is 47.7 cm³/mol. The van der Waals surface area contributed by atoms with Crippen molar-refractivity contribution in [2.45, 2.75) is 6.92 Å². The summed E-state index contributed by atoms with van der Waals surface area (Å²) in [5, 5.41) is 26.8. The first kappa shape index (κ1) is 10.0. The smallest absolute Gasteiger partial charge is 0.336 e. The summed E-state index contributed by atoms with van der Waals surface area (Å²) in [6.07, 6.45) is 0. The lowest BCUT2D eigenvalue weighted by Gasteiger charge is -1.93. The van der Waals surface area contributed by atoms with Gasteiger partial charge in [0.2, 0.25) is 11.2 Å². The zero-order chi connectivity index (χ0) is 10.9. The van der Waals surface area contributed by atoms with E-state index < -0.39 is 22.9 Å². The molecule has 0 heterocycles. The molecule has 5 heteroatoms. The number of carboxylic acids is 1. The predicted octanol–water partition coefficient (Wildman–Crippen LogP) is 0.465. The molecule has 5 nitrogen and oxygen atoms in total. The Balaban J connectivity index is 3.69. The molecule has 1 aromatic rings. The first-order chi connectivity index (χ1) is 6.43. The maximum Gasteiger partial charge on any atom is 0.336 e. The number of rotatable bonds is 1. The molecule has 0 aromatic heterocycles. The van der Waals surface area contributed by atoms with Crippen LogP contribution in [0, 0.1) is 6.92 Å². The largest absolute Gasteiger partial charge is 0.504 e. The van der Waals surface area contributed by atoms with Crippen molar-refractivity contribution in [3.63, 3.8) is 0 Å². The Morgan fingerprint density at radius 2 is 1.86 bits per heavy atom. The molecule has 0 unspecified atom stereocenters. The summed E-state index contributed by atoms with van der Waals surface area (Å²) in [6, 6.07) is 1.80. The molecule has 0 aliphatic rings. The van der Waals surface area contributed by atoms with Gasteiger partial charge < -0.3 is 15.3 Å². The van der Waals surface area contributed by atoms with Gasteiger partial charge in [-0.15, -0.1) is 0 Å². The highest BCUT2D eigenvalue weighted by molar-refractivity contribution is 5.89. The van der Waals surface area contributed by atoms with Gasteiger partial charge in [-0.1, -0.05) is 0 Å². The van der Waals surface area contributed by atoms with Crippen LogP contribution in [0.15, 0.2) is 16.9 Å². The van der Waals surface area contributed by atoms with E-state index in [9.17, 15) is 9.59 Å². The molecular weight excluding hydrogens is 188 g/mol. The van der Waals surface area contributed by atoms with Crippen molar-refractivity contribution >= 4 is 5.97 Å². The highest BCUT2D eigenvalue weighted by Gasteiger charge is 2.11. The molecule has 0 atom stereocenters. The number of carboxylic acid groups (broad SMARTS) is 1. The summed E-state index contributed by atoms with van der Waals surface area (Å²) >= 11 is 0.